The monoisotopic (exact) mass is 537 g/mol. The van der Waals surface area contributed by atoms with E-state index in [4.69, 9.17) is 9.47 Å². The van der Waals surface area contributed by atoms with E-state index in [-0.39, 0.29) is 38.8 Å². The standard InChI is InChI=1S/C22H24N3O7PS.H4Si/c1-14(2)31-17-9-15(22(26)25-20-12-24-21(13-23-20)33(3,27)28)10-18(11-17)32-16-5-7-19(8-6-16)34(4,29)30;/h5-14H,1-4H3,(H,27,28)(H,23,25,26);1H4. The average molecular weight is 538 g/mol. The van der Waals surface area contributed by atoms with Crippen LogP contribution in [-0.4, -0.2) is 59.2 Å². The van der Waals surface area contributed by atoms with Crippen molar-refractivity contribution in [2.45, 2.75) is 24.8 Å². The van der Waals surface area contributed by atoms with Gasteiger partial charge in [0.25, 0.3) is 5.91 Å². The number of ether oxygens (including phenoxy) is 2. The smallest absolute Gasteiger partial charge is 0.257 e. The van der Waals surface area contributed by atoms with Crippen molar-refractivity contribution in [3.05, 3.63) is 60.4 Å². The number of rotatable bonds is 8. The van der Waals surface area contributed by atoms with Gasteiger partial charge in [-0.2, -0.15) is 0 Å². The van der Waals surface area contributed by atoms with Crippen LogP contribution in [0.15, 0.2) is 59.8 Å². The maximum Gasteiger partial charge on any atom is 0.257 e. The molecule has 0 saturated heterocycles. The molecule has 0 aliphatic heterocycles. The van der Waals surface area contributed by atoms with Crippen LogP contribution in [0.2, 0.25) is 0 Å². The van der Waals surface area contributed by atoms with Gasteiger partial charge in [-0.3, -0.25) is 9.36 Å². The van der Waals surface area contributed by atoms with E-state index >= 15 is 0 Å². The molecule has 13 heteroatoms. The van der Waals surface area contributed by atoms with E-state index < -0.39 is 23.1 Å². The Bertz CT molecular complexity index is 1340. The third-order valence-electron chi connectivity index (χ3n) is 4.31. The van der Waals surface area contributed by atoms with Crippen molar-refractivity contribution in [2.75, 3.05) is 18.2 Å². The molecular weight excluding hydrogens is 509 g/mol. The van der Waals surface area contributed by atoms with Gasteiger partial charge in [-0.25, -0.2) is 18.4 Å². The van der Waals surface area contributed by atoms with Crippen LogP contribution in [0.4, 0.5) is 5.82 Å². The predicted molar refractivity (Wildman–Crippen MR) is 139 cm³/mol. The highest BCUT2D eigenvalue weighted by Gasteiger charge is 2.17. The molecule has 188 valence electrons. The topological polar surface area (TPSA) is 145 Å². The van der Waals surface area contributed by atoms with Crippen LogP contribution >= 0.6 is 7.37 Å². The molecule has 0 aliphatic carbocycles. The lowest BCUT2D eigenvalue weighted by molar-refractivity contribution is 0.102. The largest absolute Gasteiger partial charge is 0.491 e. The van der Waals surface area contributed by atoms with Gasteiger partial charge >= 0.3 is 0 Å². The minimum Gasteiger partial charge on any atom is -0.491 e. The summed E-state index contributed by atoms with van der Waals surface area (Å²) in [6.45, 7) is 4.82. The second kappa shape index (κ2) is 11.1. The molecular formula is C22H28N3O7PSSi. The van der Waals surface area contributed by atoms with Gasteiger partial charge in [-0.15, -0.1) is 0 Å². The lowest BCUT2D eigenvalue weighted by Gasteiger charge is -2.14. The summed E-state index contributed by atoms with van der Waals surface area (Å²) in [5, 5.41) is 2.57. The number of sulfone groups is 1. The Labute approximate surface area is 208 Å². The molecule has 0 bridgehead atoms. The fraction of sp³-hybridized carbons (Fsp3) is 0.227. The maximum atomic E-state index is 12.8. The Kier molecular flexibility index (Phi) is 8.96. The maximum absolute atomic E-state index is 12.8. The van der Waals surface area contributed by atoms with E-state index in [1.165, 1.54) is 42.6 Å². The van der Waals surface area contributed by atoms with E-state index in [2.05, 4.69) is 15.3 Å². The SMILES string of the molecule is CC(C)Oc1cc(Oc2ccc(S(C)(=O)=O)cc2)cc(C(=O)Nc2cnc(P(C)(=O)O)cn2)c1.[SiH4]. The summed E-state index contributed by atoms with van der Waals surface area (Å²) >= 11 is 0. The summed E-state index contributed by atoms with van der Waals surface area (Å²) in [5.74, 6) is 0.617. The molecule has 1 unspecified atom stereocenters. The van der Waals surface area contributed by atoms with Crippen LogP contribution in [0.1, 0.15) is 24.2 Å². The second-order valence-corrected chi connectivity index (χ2v) is 12.0. The highest BCUT2D eigenvalue weighted by Crippen LogP contribution is 2.32. The van der Waals surface area contributed by atoms with E-state index in [0.29, 0.717) is 17.2 Å². The van der Waals surface area contributed by atoms with Crippen LogP contribution in [0, 0.1) is 0 Å². The number of benzene rings is 2. The number of nitrogens with one attached hydrogen (secondary N) is 1. The molecule has 2 N–H and O–H groups in total. The fourth-order valence-electron chi connectivity index (χ4n) is 2.78. The number of hydrogen-bond acceptors (Lipinski definition) is 8. The lowest BCUT2D eigenvalue weighted by Crippen LogP contribution is -2.16. The van der Waals surface area contributed by atoms with E-state index in [9.17, 15) is 22.7 Å². The van der Waals surface area contributed by atoms with Gasteiger partial charge in [-0.05, 0) is 61.2 Å². The summed E-state index contributed by atoms with van der Waals surface area (Å²) in [5.41, 5.74) is 0.130. The Balaban J connectivity index is 0.00000432. The molecule has 1 aromatic heterocycles. The number of aromatic nitrogens is 2. The minimum atomic E-state index is -3.56. The van der Waals surface area contributed by atoms with E-state index in [1.54, 1.807) is 6.07 Å². The third-order valence-corrected chi connectivity index (χ3v) is 6.52. The number of hydrogen-bond donors (Lipinski definition) is 2. The lowest BCUT2D eigenvalue weighted by atomic mass is 10.2. The number of anilines is 1. The van der Waals surface area contributed by atoms with Crippen LogP contribution in [0.3, 0.4) is 0 Å². The second-order valence-electron chi connectivity index (χ2n) is 7.80. The van der Waals surface area contributed by atoms with Crippen molar-refractivity contribution in [2.24, 2.45) is 0 Å². The molecule has 3 rings (SSSR count). The minimum absolute atomic E-state index is 0. The number of amides is 1. The van der Waals surface area contributed by atoms with Crippen LogP contribution in [-0.2, 0) is 14.4 Å². The Morgan fingerprint density at radius 3 is 2.17 bits per heavy atom. The third kappa shape index (κ3) is 8.00. The van der Waals surface area contributed by atoms with Crippen molar-refractivity contribution in [3.8, 4) is 17.2 Å². The first-order valence-corrected chi connectivity index (χ1v) is 14.0. The Morgan fingerprint density at radius 2 is 1.66 bits per heavy atom. The molecule has 2 aromatic carbocycles. The van der Waals surface area contributed by atoms with Gasteiger partial charge in [-0.1, -0.05) is 0 Å². The average Bonchev–Trinajstić information content (AvgIpc) is 2.72. The summed E-state index contributed by atoms with van der Waals surface area (Å²) < 4.78 is 46.5. The summed E-state index contributed by atoms with van der Waals surface area (Å²) in [4.78, 5) is 30.4. The molecule has 3 aromatic rings. The molecule has 1 amide bonds. The predicted octanol–water partition coefficient (Wildman–Crippen LogP) is 1.79. The Hall–Kier alpha value is -3.05. The van der Waals surface area contributed by atoms with Crippen LogP contribution in [0.25, 0.3) is 0 Å². The number of nitrogens with zero attached hydrogens (tertiary/aromatic N) is 2. The zero-order valence-electron chi connectivity index (χ0n) is 18.9. The first-order valence-electron chi connectivity index (χ1n) is 10.1. The molecule has 0 spiro atoms. The highest BCUT2D eigenvalue weighted by atomic mass is 32.2. The molecule has 1 atom stereocenters. The quantitative estimate of drug-likeness (QED) is 0.324. The molecule has 0 radical (unpaired) electrons. The molecule has 1 heterocycles. The Morgan fingerprint density at radius 1 is 1.03 bits per heavy atom. The van der Waals surface area contributed by atoms with Gasteiger partial charge in [0.1, 0.15) is 22.7 Å². The first kappa shape index (κ1) is 28.2. The van der Waals surface area contributed by atoms with Gasteiger partial charge < -0.3 is 19.7 Å². The molecule has 0 fully saturated rings. The van der Waals surface area contributed by atoms with E-state index in [1.807, 2.05) is 13.8 Å². The van der Waals surface area contributed by atoms with Crippen molar-refractivity contribution in [3.63, 3.8) is 0 Å². The van der Waals surface area contributed by atoms with Gasteiger partial charge in [0.05, 0.1) is 23.4 Å². The van der Waals surface area contributed by atoms with E-state index in [0.717, 1.165) is 19.1 Å². The van der Waals surface area contributed by atoms with Crippen molar-refractivity contribution < 1.29 is 32.1 Å². The normalized spacial score (nSPS) is 12.9. The van der Waals surface area contributed by atoms with Gasteiger partial charge in [0.15, 0.2) is 15.7 Å². The van der Waals surface area contributed by atoms with Crippen molar-refractivity contribution >= 4 is 45.3 Å². The zero-order valence-corrected chi connectivity index (χ0v) is 20.6. The van der Waals surface area contributed by atoms with Crippen molar-refractivity contribution in [1.82, 2.24) is 9.97 Å². The number of carbonyl (C=O) groups is 1. The summed E-state index contributed by atoms with van der Waals surface area (Å²) in [7, 11) is -6.90. The highest BCUT2D eigenvalue weighted by molar-refractivity contribution is 7.90. The van der Waals surface area contributed by atoms with Crippen molar-refractivity contribution in [1.29, 1.82) is 0 Å². The number of carbonyl (C=O) groups excluding carboxylic acids is 1. The molecule has 35 heavy (non-hydrogen) atoms. The fourth-order valence-corrected chi connectivity index (χ4v) is 3.96. The molecule has 0 aliphatic rings. The van der Waals surface area contributed by atoms with Crippen LogP contribution in [0.5, 0.6) is 17.2 Å². The molecule has 10 nitrogen and oxygen atoms in total. The van der Waals surface area contributed by atoms with Gasteiger partial charge in [0.2, 0.25) is 7.37 Å². The molecule has 0 saturated carbocycles. The van der Waals surface area contributed by atoms with Gasteiger partial charge in [0, 0.05) is 24.6 Å². The zero-order chi connectivity index (χ0) is 25.1. The summed E-state index contributed by atoms with van der Waals surface area (Å²) in [6.07, 6.45) is 3.27. The summed E-state index contributed by atoms with van der Waals surface area (Å²) in [6, 6.07) is 10.5. The first-order chi connectivity index (χ1) is 15.8. The van der Waals surface area contributed by atoms with Crippen LogP contribution < -0.4 is 20.2 Å².